The van der Waals surface area contributed by atoms with Gasteiger partial charge in [-0.3, -0.25) is 0 Å². The Bertz CT molecular complexity index is 392. The zero-order chi connectivity index (χ0) is 11.2. The van der Waals surface area contributed by atoms with Gasteiger partial charge >= 0.3 is 0 Å². The van der Waals surface area contributed by atoms with Crippen molar-refractivity contribution in [1.29, 1.82) is 0 Å². The fourth-order valence-corrected chi connectivity index (χ4v) is 2.33. The molecule has 1 aromatic rings. The van der Waals surface area contributed by atoms with E-state index >= 15 is 0 Å². The maximum atomic E-state index is 9.99. The highest BCUT2D eigenvalue weighted by Gasteiger charge is 2.41. The third kappa shape index (κ3) is 1.86. The van der Waals surface area contributed by atoms with Gasteiger partial charge in [0, 0.05) is 9.13 Å². The van der Waals surface area contributed by atoms with Crippen LogP contribution in [0.1, 0.15) is 25.5 Å². The quantitative estimate of drug-likeness (QED) is 0.717. The monoisotopic (exact) mass is 319 g/mol. The van der Waals surface area contributed by atoms with Crippen molar-refractivity contribution in [1.82, 2.24) is 0 Å². The van der Waals surface area contributed by atoms with Crippen molar-refractivity contribution >= 4 is 22.6 Å². The van der Waals surface area contributed by atoms with Crippen LogP contribution in [-0.4, -0.2) is 16.8 Å². The lowest BCUT2D eigenvalue weighted by Crippen LogP contribution is -2.51. The molecule has 0 amide bonds. The number of fused-ring (bicyclic) bond motifs is 1. The van der Waals surface area contributed by atoms with Gasteiger partial charge in [-0.05, 0) is 54.6 Å². The predicted octanol–water partition coefficient (Wildman–Crippen LogP) is 1.82. The molecule has 1 aromatic carbocycles. The van der Waals surface area contributed by atoms with E-state index in [0.717, 1.165) is 14.9 Å². The Balaban J connectivity index is 2.50. The third-order valence-corrected chi connectivity index (χ3v) is 3.43. The van der Waals surface area contributed by atoms with Crippen LogP contribution in [0.4, 0.5) is 0 Å². The Labute approximate surface area is 103 Å². The number of rotatable bonds is 0. The van der Waals surface area contributed by atoms with Crippen molar-refractivity contribution in [3.8, 4) is 5.75 Å². The largest absolute Gasteiger partial charge is 0.485 e. The first-order valence-corrected chi connectivity index (χ1v) is 5.92. The average molecular weight is 319 g/mol. The number of aliphatic hydroxyl groups is 1. The summed E-state index contributed by atoms with van der Waals surface area (Å²) in [5.41, 5.74) is 6.26. The second-order valence-electron chi connectivity index (χ2n) is 4.36. The molecule has 4 heteroatoms. The summed E-state index contributed by atoms with van der Waals surface area (Å²) in [4.78, 5) is 0. The van der Waals surface area contributed by atoms with Gasteiger partial charge in [-0.25, -0.2) is 0 Å². The van der Waals surface area contributed by atoms with Crippen molar-refractivity contribution < 1.29 is 9.84 Å². The summed E-state index contributed by atoms with van der Waals surface area (Å²) in [7, 11) is 0. The lowest BCUT2D eigenvalue weighted by molar-refractivity contribution is -0.0572. The summed E-state index contributed by atoms with van der Waals surface area (Å²) in [5, 5.41) is 9.99. The molecule has 0 saturated carbocycles. The maximum absolute atomic E-state index is 9.99. The van der Waals surface area contributed by atoms with Gasteiger partial charge in [0.15, 0.2) is 0 Å². The number of ether oxygens (including phenoxy) is 1. The van der Waals surface area contributed by atoms with Gasteiger partial charge in [-0.2, -0.15) is 0 Å². The first kappa shape index (κ1) is 11.2. The fourth-order valence-electron chi connectivity index (χ4n) is 1.82. The summed E-state index contributed by atoms with van der Waals surface area (Å²) in [6, 6.07) is 5.46. The van der Waals surface area contributed by atoms with E-state index in [1.165, 1.54) is 0 Å². The van der Waals surface area contributed by atoms with Gasteiger partial charge in [0.1, 0.15) is 17.5 Å². The summed E-state index contributed by atoms with van der Waals surface area (Å²) in [6.07, 6.45) is -0.678. The lowest BCUT2D eigenvalue weighted by Gasteiger charge is -2.40. The van der Waals surface area contributed by atoms with Gasteiger partial charge in [0.2, 0.25) is 0 Å². The van der Waals surface area contributed by atoms with Crippen molar-refractivity contribution in [2.75, 3.05) is 0 Å². The third-order valence-electron chi connectivity index (χ3n) is 2.76. The number of halogens is 1. The van der Waals surface area contributed by atoms with Crippen molar-refractivity contribution in [3.63, 3.8) is 0 Å². The SMILES string of the molecule is CC1(C)Oc2ccc(I)cc2[C@@H](N)[C@@H]1O. The molecule has 0 radical (unpaired) electrons. The second-order valence-corrected chi connectivity index (χ2v) is 5.60. The molecule has 0 saturated heterocycles. The molecule has 3 N–H and O–H groups in total. The summed E-state index contributed by atoms with van der Waals surface area (Å²) in [5.74, 6) is 0.776. The maximum Gasteiger partial charge on any atom is 0.131 e. The Morgan fingerprint density at radius 2 is 2.13 bits per heavy atom. The Morgan fingerprint density at radius 3 is 2.80 bits per heavy atom. The molecule has 0 aromatic heterocycles. The van der Waals surface area contributed by atoms with E-state index in [0.29, 0.717) is 0 Å². The highest BCUT2D eigenvalue weighted by molar-refractivity contribution is 14.1. The second kappa shape index (κ2) is 3.61. The molecular formula is C11H14INO2. The van der Waals surface area contributed by atoms with Crippen molar-refractivity contribution in [3.05, 3.63) is 27.3 Å². The number of benzene rings is 1. The molecule has 1 aliphatic heterocycles. The van der Waals surface area contributed by atoms with Crippen LogP contribution in [0, 0.1) is 3.57 Å². The first-order chi connectivity index (χ1) is 6.92. The van der Waals surface area contributed by atoms with Crippen LogP contribution in [0.5, 0.6) is 5.75 Å². The van der Waals surface area contributed by atoms with E-state index in [1.807, 2.05) is 32.0 Å². The summed E-state index contributed by atoms with van der Waals surface area (Å²) >= 11 is 2.22. The molecule has 0 fully saturated rings. The van der Waals surface area contributed by atoms with E-state index in [4.69, 9.17) is 10.5 Å². The van der Waals surface area contributed by atoms with Crippen LogP contribution in [0.2, 0.25) is 0 Å². The molecular weight excluding hydrogens is 305 g/mol. The van der Waals surface area contributed by atoms with Crippen LogP contribution in [0.15, 0.2) is 18.2 Å². The molecule has 0 spiro atoms. The minimum absolute atomic E-state index is 0.376. The average Bonchev–Trinajstić information content (AvgIpc) is 2.16. The number of hydrogen-bond donors (Lipinski definition) is 2. The van der Waals surface area contributed by atoms with E-state index in [9.17, 15) is 5.11 Å². The molecule has 15 heavy (non-hydrogen) atoms. The molecule has 2 atom stereocenters. The van der Waals surface area contributed by atoms with E-state index in [-0.39, 0.29) is 6.04 Å². The van der Waals surface area contributed by atoms with E-state index in [2.05, 4.69) is 22.6 Å². The van der Waals surface area contributed by atoms with Gasteiger partial charge < -0.3 is 15.6 Å². The van der Waals surface area contributed by atoms with E-state index in [1.54, 1.807) is 0 Å². The molecule has 1 heterocycles. The normalized spacial score (nSPS) is 28.1. The standard InChI is InChI=1S/C11H14INO2/c1-11(2)10(14)9(13)7-5-6(12)3-4-8(7)15-11/h3-5,9-10,14H,13H2,1-2H3/t9-,10+/m1/s1. The number of nitrogens with two attached hydrogens (primary N) is 1. The van der Waals surface area contributed by atoms with Gasteiger partial charge in [-0.15, -0.1) is 0 Å². The highest BCUT2D eigenvalue weighted by Crippen LogP contribution is 2.38. The van der Waals surface area contributed by atoms with Crippen molar-refractivity contribution in [2.24, 2.45) is 5.73 Å². The Kier molecular flexibility index (Phi) is 2.68. The zero-order valence-corrected chi connectivity index (χ0v) is 10.9. The number of aliphatic hydroxyl groups excluding tert-OH is 1. The van der Waals surface area contributed by atoms with Gasteiger partial charge in [-0.1, -0.05) is 0 Å². The van der Waals surface area contributed by atoms with Gasteiger partial charge in [0.25, 0.3) is 0 Å². The first-order valence-electron chi connectivity index (χ1n) is 4.84. The highest BCUT2D eigenvalue weighted by atomic mass is 127. The minimum atomic E-state index is -0.678. The van der Waals surface area contributed by atoms with E-state index < -0.39 is 11.7 Å². The topological polar surface area (TPSA) is 55.5 Å². The molecule has 3 nitrogen and oxygen atoms in total. The Morgan fingerprint density at radius 1 is 1.47 bits per heavy atom. The van der Waals surface area contributed by atoms with Gasteiger partial charge in [0.05, 0.1) is 6.04 Å². The zero-order valence-electron chi connectivity index (χ0n) is 8.70. The number of hydrogen-bond acceptors (Lipinski definition) is 3. The minimum Gasteiger partial charge on any atom is -0.485 e. The molecule has 0 unspecified atom stereocenters. The van der Waals surface area contributed by atoms with Crippen LogP contribution in [-0.2, 0) is 0 Å². The molecule has 1 aliphatic rings. The smallest absolute Gasteiger partial charge is 0.131 e. The summed E-state index contributed by atoms with van der Waals surface area (Å²) < 4.78 is 6.82. The van der Waals surface area contributed by atoms with Crippen LogP contribution in [0.3, 0.4) is 0 Å². The molecule has 0 bridgehead atoms. The lowest BCUT2D eigenvalue weighted by atomic mass is 9.87. The fraction of sp³-hybridized carbons (Fsp3) is 0.455. The molecule has 2 rings (SSSR count). The molecule has 82 valence electrons. The predicted molar refractivity (Wildman–Crippen MR) is 66.8 cm³/mol. The van der Waals surface area contributed by atoms with Crippen LogP contribution in [0.25, 0.3) is 0 Å². The Hall–Kier alpha value is -0.330. The van der Waals surface area contributed by atoms with Crippen LogP contribution < -0.4 is 10.5 Å². The van der Waals surface area contributed by atoms with Crippen molar-refractivity contribution in [2.45, 2.75) is 31.6 Å². The van der Waals surface area contributed by atoms with Crippen LogP contribution >= 0.6 is 22.6 Å². The summed E-state index contributed by atoms with van der Waals surface area (Å²) in [6.45, 7) is 3.69. The molecule has 0 aliphatic carbocycles.